The SMILES string of the molecule is O=CNCCC1(O)COC1. The van der Waals surface area contributed by atoms with Crippen molar-refractivity contribution in [1.82, 2.24) is 5.32 Å². The molecule has 4 heteroatoms. The molecule has 1 aliphatic heterocycles. The van der Waals surface area contributed by atoms with Gasteiger partial charge >= 0.3 is 0 Å². The zero-order valence-electron chi connectivity index (χ0n) is 5.67. The molecule has 4 nitrogen and oxygen atoms in total. The van der Waals surface area contributed by atoms with Crippen molar-refractivity contribution in [2.45, 2.75) is 12.0 Å². The van der Waals surface area contributed by atoms with Gasteiger partial charge in [-0.15, -0.1) is 0 Å². The summed E-state index contributed by atoms with van der Waals surface area (Å²) in [5, 5.41) is 11.8. The van der Waals surface area contributed by atoms with E-state index in [9.17, 15) is 9.90 Å². The molecule has 58 valence electrons. The van der Waals surface area contributed by atoms with E-state index in [0.717, 1.165) is 0 Å². The highest BCUT2D eigenvalue weighted by Crippen LogP contribution is 2.19. The smallest absolute Gasteiger partial charge is 0.207 e. The molecule has 1 rings (SSSR count). The molecule has 0 radical (unpaired) electrons. The topological polar surface area (TPSA) is 58.6 Å². The molecule has 0 aromatic carbocycles. The number of ether oxygens (including phenoxy) is 1. The van der Waals surface area contributed by atoms with Crippen molar-refractivity contribution >= 4 is 6.41 Å². The van der Waals surface area contributed by atoms with Gasteiger partial charge in [0.2, 0.25) is 6.41 Å². The maximum Gasteiger partial charge on any atom is 0.207 e. The summed E-state index contributed by atoms with van der Waals surface area (Å²) in [4.78, 5) is 9.77. The third kappa shape index (κ3) is 1.68. The van der Waals surface area contributed by atoms with Crippen molar-refractivity contribution in [3.8, 4) is 0 Å². The minimum atomic E-state index is -0.671. The molecule has 2 N–H and O–H groups in total. The van der Waals surface area contributed by atoms with Crippen LogP contribution in [-0.4, -0.2) is 36.9 Å². The third-order valence-electron chi connectivity index (χ3n) is 1.56. The van der Waals surface area contributed by atoms with Gasteiger partial charge < -0.3 is 15.2 Å². The number of amides is 1. The zero-order chi connectivity index (χ0) is 7.45. The molecule has 0 spiro atoms. The Labute approximate surface area is 59.2 Å². The minimum Gasteiger partial charge on any atom is -0.385 e. The fourth-order valence-corrected chi connectivity index (χ4v) is 0.846. The summed E-state index contributed by atoms with van der Waals surface area (Å²) >= 11 is 0. The first-order chi connectivity index (χ1) is 4.77. The Morgan fingerprint density at radius 3 is 2.80 bits per heavy atom. The van der Waals surface area contributed by atoms with E-state index in [1.807, 2.05) is 0 Å². The van der Waals surface area contributed by atoms with E-state index in [4.69, 9.17) is 4.74 Å². The summed E-state index contributed by atoms with van der Waals surface area (Å²) < 4.78 is 4.80. The standard InChI is InChI=1S/C6H11NO3/c8-5-7-2-1-6(9)3-10-4-6/h5,9H,1-4H2,(H,7,8). The van der Waals surface area contributed by atoms with E-state index < -0.39 is 5.60 Å². The number of carbonyl (C=O) groups excluding carboxylic acids is 1. The second kappa shape index (κ2) is 2.98. The number of aliphatic hydroxyl groups is 1. The van der Waals surface area contributed by atoms with Crippen LogP contribution in [0.1, 0.15) is 6.42 Å². The van der Waals surface area contributed by atoms with Crippen LogP contribution in [0.25, 0.3) is 0 Å². The first kappa shape index (κ1) is 7.50. The molecule has 0 bridgehead atoms. The van der Waals surface area contributed by atoms with Gasteiger partial charge in [-0.05, 0) is 6.42 Å². The fourth-order valence-electron chi connectivity index (χ4n) is 0.846. The van der Waals surface area contributed by atoms with Gasteiger partial charge in [-0.2, -0.15) is 0 Å². The molecule has 1 fully saturated rings. The molecule has 0 aliphatic carbocycles. The molecule has 0 aromatic heterocycles. The molecular weight excluding hydrogens is 134 g/mol. The lowest BCUT2D eigenvalue weighted by Crippen LogP contribution is -2.50. The highest BCUT2D eigenvalue weighted by molar-refractivity contribution is 5.45. The number of rotatable bonds is 4. The van der Waals surface area contributed by atoms with Crippen LogP contribution in [-0.2, 0) is 9.53 Å². The van der Waals surface area contributed by atoms with Gasteiger partial charge in [0.05, 0.1) is 13.2 Å². The van der Waals surface area contributed by atoms with Crippen LogP contribution in [0.2, 0.25) is 0 Å². The van der Waals surface area contributed by atoms with Crippen LogP contribution in [0, 0.1) is 0 Å². The predicted molar refractivity (Wildman–Crippen MR) is 34.5 cm³/mol. The maximum absolute atomic E-state index is 9.77. The van der Waals surface area contributed by atoms with Crippen molar-refractivity contribution in [1.29, 1.82) is 0 Å². The Kier molecular flexibility index (Phi) is 2.24. The van der Waals surface area contributed by atoms with Crippen LogP contribution in [0.15, 0.2) is 0 Å². The molecule has 1 saturated heterocycles. The van der Waals surface area contributed by atoms with E-state index >= 15 is 0 Å². The highest BCUT2D eigenvalue weighted by Gasteiger charge is 2.35. The molecule has 0 unspecified atom stereocenters. The summed E-state index contributed by atoms with van der Waals surface area (Å²) in [5.74, 6) is 0. The predicted octanol–water partition coefficient (Wildman–Crippen LogP) is -1.12. The summed E-state index contributed by atoms with van der Waals surface area (Å²) in [6.45, 7) is 1.31. The monoisotopic (exact) mass is 145 g/mol. The van der Waals surface area contributed by atoms with E-state index in [-0.39, 0.29) is 0 Å². The second-order valence-electron chi connectivity index (χ2n) is 2.54. The van der Waals surface area contributed by atoms with Gasteiger partial charge in [-0.25, -0.2) is 0 Å². The Bertz CT molecular complexity index is 122. The lowest BCUT2D eigenvalue weighted by Gasteiger charge is -2.36. The zero-order valence-corrected chi connectivity index (χ0v) is 5.67. The van der Waals surface area contributed by atoms with Gasteiger partial charge in [0.1, 0.15) is 5.60 Å². The quantitative estimate of drug-likeness (QED) is 0.389. The Morgan fingerprint density at radius 1 is 1.70 bits per heavy atom. The number of hydrogen-bond donors (Lipinski definition) is 2. The summed E-state index contributed by atoms with van der Waals surface area (Å²) in [5.41, 5.74) is -0.671. The van der Waals surface area contributed by atoms with Gasteiger partial charge in [0.25, 0.3) is 0 Å². The maximum atomic E-state index is 9.77. The first-order valence-electron chi connectivity index (χ1n) is 3.24. The average molecular weight is 145 g/mol. The molecule has 0 atom stereocenters. The fraction of sp³-hybridized carbons (Fsp3) is 0.833. The largest absolute Gasteiger partial charge is 0.385 e. The Hall–Kier alpha value is -0.610. The van der Waals surface area contributed by atoms with E-state index in [0.29, 0.717) is 32.6 Å². The van der Waals surface area contributed by atoms with Gasteiger partial charge in [0.15, 0.2) is 0 Å². The lowest BCUT2D eigenvalue weighted by molar-refractivity contribution is -0.180. The highest BCUT2D eigenvalue weighted by atomic mass is 16.5. The van der Waals surface area contributed by atoms with E-state index in [1.165, 1.54) is 0 Å². The molecule has 1 amide bonds. The van der Waals surface area contributed by atoms with Crippen molar-refractivity contribution in [3.63, 3.8) is 0 Å². The van der Waals surface area contributed by atoms with Crippen LogP contribution in [0.3, 0.4) is 0 Å². The molecule has 10 heavy (non-hydrogen) atoms. The van der Waals surface area contributed by atoms with Gasteiger partial charge in [-0.1, -0.05) is 0 Å². The first-order valence-corrected chi connectivity index (χ1v) is 3.24. The molecule has 0 saturated carbocycles. The Morgan fingerprint density at radius 2 is 2.40 bits per heavy atom. The third-order valence-corrected chi connectivity index (χ3v) is 1.56. The van der Waals surface area contributed by atoms with Crippen LogP contribution >= 0.6 is 0 Å². The number of nitrogens with one attached hydrogen (secondary N) is 1. The summed E-state index contributed by atoms with van der Waals surface area (Å²) in [7, 11) is 0. The second-order valence-corrected chi connectivity index (χ2v) is 2.54. The molecule has 0 aromatic rings. The van der Waals surface area contributed by atoms with Crippen LogP contribution in [0.4, 0.5) is 0 Å². The van der Waals surface area contributed by atoms with Crippen molar-refractivity contribution in [2.24, 2.45) is 0 Å². The van der Waals surface area contributed by atoms with Gasteiger partial charge in [-0.3, -0.25) is 4.79 Å². The van der Waals surface area contributed by atoms with Crippen molar-refractivity contribution in [2.75, 3.05) is 19.8 Å². The van der Waals surface area contributed by atoms with Crippen LogP contribution < -0.4 is 5.32 Å². The molecular formula is C6H11NO3. The van der Waals surface area contributed by atoms with Crippen LogP contribution in [0.5, 0.6) is 0 Å². The minimum absolute atomic E-state index is 0.396. The van der Waals surface area contributed by atoms with E-state index in [2.05, 4.69) is 5.32 Å². The van der Waals surface area contributed by atoms with Crippen molar-refractivity contribution in [3.05, 3.63) is 0 Å². The number of hydrogen-bond acceptors (Lipinski definition) is 3. The van der Waals surface area contributed by atoms with Crippen molar-refractivity contribution < 1.29 is 14.6 Å². The molecule has 1 aliphatic rings. The Balaban J connectivity index is 2.06. The summed E-state index contributed by atoms with van der Waals surface area (Å²) in [6, 6.07) is 0. The van der Waals surface area contributed by atoms with Gasteiger partial charge in [0, 0.05) is 6.54 Å². The number of carbonyl (C=O) groups is 1. The average Bonchev–Trinajstić information content (AvgIpc) is 1.85. The summed E-state index contributed by atoms with van der Waals surface area (Å²) in [6.07, 6.45) is 1.20. The molecule has 1 heterocycles. The lowest BCUT2D eigenvalue weighted by atomic mass is 9.98. The van der Waals surface area contributed by atoms with E-state index in [1.54, 1.807) is 0 Å². The normalized spacial score (nSPS) is 21.3.